The average molecular weight is 274 g/mol. The van der Waals surface area contributed by atoms with E-state index >= 15 is 0 Å². The van der Waals surface area contributed by atoms with Crippen LogP contribution in [0.3, 0.4) is 0 Å². The third-order valence-electron chi connectivity index (χ3n) is 1.89. The summed E-state index contributed by atoms with van der Waals surface area (Å²) in [4.78, 5) is 12.4. The van der Waals surface area contributed by atoms with Crippen LogP contribution in [0, 0.1) is 0 Å². The first-order valence-corrected chi connectivity index (χ1v) is 5.57. The summed E-state index contributed by atoms with van der Waals surface area (Å²) in [5.41, 5.74) is 6.05. The number of anilines is 1. The van der Waals surface area contributed by atoms with Crippen LogP contribution in [0.25, 0.3) is 0 Å². The summed E-state index contributed by atoms with van der Waals surface area (Å²) in [6.45, 7) is 0. The summed E-state index contributed by atoms with van der Waals surface area (Å²) in [7, 11) is 0. The smallest absolute Gasteiger partial charge is 0.269 e. The highest BCUT2D eigenvalue weighted by Crippen LogP contribution is 2.24. The number of nitrogens with one attached hydrogen (secondary N) is 2. The van der Waals surface area contributed by atoms with Gasteiger partial charge in [0.15, 0.2) is 0 Å². The third kappa shape index (κ3) is 1.76. The van der Waals surface area contributed by atoms with Gasteiger partial charge in [0, 0.05) is 11.3 Å². The van der Waals surface area contributed by atoms with Crippen LogP contribution in [0.2, 0.25) is 0 Å². The Bertz CT molecular complexity index is 499. The Morgan fingerprint density at radius 1 is 1.43 bits per heavy atom. The fourth-order valence-electron chi connectivity index (χ4n) is 1.19. The van der Waals surface area contributed by atoms with E-state index in [-0.39, 0.29) is 5.56 Å². The van der Waals surface area contributed by atoms with Gasteiger partial charge in [0.1, 0.15) is 5.82 Å². The minimum Gasteiger partial charge on any atom is -0.384 e. The highest BCUT2D eigenvalue weighted by atomic mass is 79.9. The normalized spacial score (nSPS) is 10.6. The molecule has 0 aliphatic carbocycles. The Balaban J connectivity index is 2.31. The number of hydrogen-bond donors (Lipinski definition) is 3. The molecular formula is C8H8BrN3OS. The van der Waals surface area contributed by atoms with Gasteiger partial charge in [-0.25, -0.2) is 0 Å². The first-order chi connectivity index (χ1) is 6.66. The second kappa shape index (κ2) is 3.62. The Hall–Kier alpha value is -1.01. The average Bonchev–Trinajstić information content (AvgIpc) is 2.67. The van der Waals surface area contributed by atoms with Crippen molar-refractivity contribution < 1.29 is 0 Å². The molecule has 0 bridgehead atoms. The molecule has 0 aliphatic rings. The standard InChI is InChI=1S/C8H8BrN3OS/c9-6-2-1-4(14-6)3-5-7(10)11-12-8(5)13/h1-2H,3H2,(H4,10,11,12,13). The van der Waals surface area contributed by atoms with Crippen molar-refractivity contribution >= 4 is 33.1 Å². The monoisotopic (exact) mass is 273 g/mol. The van der Waals surface area contributed by atoms with Gasteiger partial charge in [-0.2, -0.15) is 0 Å². The van der Waals surface area contributed by atoms with Gasteiger partial charge in [-0.3, -0.25) is 15.0 Å². The quantitative estimate of drug-likeness (QED) is 0.779. The van der Waals surface area contributed by atoms with E-state index in [1.165, 1.54) is 0 Å². The van der Waals surface area contributed by atoms with Crippen LogP contribution in [-0.2, 0) is 6.42 Å². The van der Waals surface area contributed by atoms with Crippen molar-refractivity contribution in [1.82, 2.24) is 10.2 Å². The summed E-state index contributed by atoms with van der Waals surface area (Å²) >= 11 is 4.96. The van der Waals surface area contributed by atoms with Crippen molar-refractivity contribution in [3.05, 3.63) is 36.7 Å². The number of halogens is 1. The fourth-order valence-corrected chi connectivity index (χ4v) is 2.69. The first-order valence-electron chi connectivity index (χ1n) is 3.96. The number of hydrogen-bond acceptors (Lipinski definition) is 3. The van der Waals surface area contributed by atoms with E-state index in [0.717, 1.165) is 8.66 Å². The van der Waals surface area contributed by atoms with Gasteiger partial charge >= 0.3 is 0 Å². The maximum Gasteiger partial charge on any atom is 0.269 e. The Kier molecular flexibility index (Phi) is 2.47. The molecule has 4 nitrogen and oxygen atoms in total. The highest BCUT2D eigenvalue weighted by Gasteiger charge is 2.08. The van der Waals surface area contributed by atoms with Gasteiger partial charge in [-0.15, -0.1) is 11.3 Å². The predicted octanol–water partition coefficient (Wildman–Crippen LogP) is 1.70. The number of aromatic nitrogens is 2. The van der Waals surface area contributed by atoms with E-state index < -0.39 is 0 Å². The predicted molar refractivity (Wildman–Crippen MR) is 60.7 cm³/mol. The van der Waals surface area contributed by atoms with Crippen LogP contribution >= 0.6 is 27.3 Å². The molecule has 0 amide bonds. The van der Waals surface area contributed by atoms with E-state index in [9.17, 15) is 4.79 Å². The summed E-state index contributed by atoms with van der Waals surface area (Å²) in [5.74, 6) is 0.416. The fraction of sp³-hybridized carbons (Fsp3) is 0.125. The summed E-state index contributed by atoms with van der Waals surface area (Å²) in [6, 6.07) is 3.93. The zero-order valence-corrected chi connectivity index (χ0v) is 9.54. The Morgan fingerprint density at radius 2 is 2.21 bits per heavy atom. The summed E-state index contributed by atoms with van der Waals surface area (Å²) in [5, 5.41) is 5.05. The van der Waals surface area contributed by atoms with Gasteiger partial charge < -0.3 is 5.73 Å². The number of nitrogens with two attached hydrogens (primary N) is 1. The van der Waals surface area contributed by atoms with Crippen LogP contribution in [0.5, 0.6) is 0 Å². The molecule has 2 rings (SSSR count). The molecule has 4 N–H and O–H groups in total. The van der Waals surface area contributed by atoms with Gasteiger partial charge in [-0.1, -0.05) is 0 Å². The molecular weight excluding hydrogens is 266 g/mol. The van der Waals surface area contributed by atoms with E-state index in [2.05, 4.69) is 26.1 Å². The minimum absolute atomic E-state index is 0.146. The summed E-state index contributed by atoms with van der Waals surface area (Å²) in [6.07, 6.45) is 0.570. The zero-order chi connectivity index (χ0) is 10.1. The van der Waals surface area contributed by atoms with Crippen LogP contribution in [0.1, 0.15) is 10.4 Å². The lowest BCUT2D eigenvalue weighted by atomic mass is 10.2. The molecule has 0 saturated carbocycles. The van der Waals surface area contributed by atoms with Crippen LogP contribution in [0.15, 0.2) is 20.7 Å². The molecule has 0 aromatic carbocycles. The molecule has 2 heterocycles. The molecule has 0 radical (unpaired) electrons. The van der Waals surface area contributed by atoms with Crippen molar-refractivity contribution in [3.8, 4) is 0 Å². The van der Waals surface area contributed by atoms with Crippen molar-refractivity contribution in [1.29, 1.82) is 0 Å². The van der Waals surface area contributed by atoms with Crippen LogP contribution in [0.4, 0.5) is 5.82 Å². The van der Waals surface area contributed by atoms with Crippen molar-refractivity contribution in [2.24, 2.45) is 0 Å². The maximum absolute atomic E-state index is 11.3. The zero-order valence-electron chi connectivity index (χ0n) is 7.13. The maximum atomic E-state index is 11.3. The molecule has 74 valence electrons. The molecule has 0 atom stereocenters. The van der Waals surface area contributed by atoms with Gasteiger partial charge in [0.2, 0.25) is 0 Å². The number of rotatable bonds is 2. The van der Waals surface area contributed by atoms with Crippen molar-refractivity contribution in [2.75, 3.05) is 5.73 Å². The van der Waals surface area contributed by atoms with Crippen molar-refractivity contribution in [3.63, 3.8) is 0 Å². The molecule has 2 aromatic heterocycles. The lowest BCUT2D eigenvalue weighted by Crippen LogP contribution is -2.06. The Morgan fingerprint density at radius 3 is 2.71 bits per heavy atom. The third-order valence-corrected chi connectivity index (χ3v) is 3.51. The van der Waals surface area contributed by atoms with Crippen LogP contribution < -0.4 is 11.3 Å². The Labute approximate surface area is 92.3 Å². The number of H-pyrrole nitrogens is 2. The molecule has 0 fully saturated rings. The van der Waals surface area contributed by atoms with Gasteiger partial charge in [0.05, 0.1) is 9.35 Å². The second-order valence-corrected chi connectivity index (χ2v) is 5.40. The van der Waals surface area contributed by atoms with Crippen LogP contribution in [-0.4, -0.2) is 10.2 Å². The van der Waals surface area contributed by atoms with Gasteiger partial charge in [-0.05, 0) is 28.1 Å². The first kappa shape index (κ1) is 9.54. The molecule has 0 saturated heterocycles. The topological polar surface area (TPSA) is 74.7 Å². The molecule has 2 aromatic rings. The van der Waals surface area contributed by atoms with Crippen molar-refractivity contribution in [2.45, 2.75) is 6.42 Å². The van der Waals surface area contributed by atoms with E-state index in [4.69, 9.17) is 5.73 Å². The second-order valence-electron chi connectivity index (χ2n) is 2.85. The van der Waals surface area contributed by atoms with E-state index in [0.29, 0.717) is 17.8 Å². The number of nitrogen functional groups attached to an aromatic ring is 1. The highest BCUT2D eigenvalue weighted by molar-refractivity contribution is 9.11. The molecule has 14 heavy (non-hydrogen) atoms. The van der Waals surface area contributed by atoms with E-state index in [1.54, 1.807) is 11.3 Å². The molecule has 0 aliphatic heterocycles. The van der Waals surface area contributed by atoms with Gasteiger partial charge in [0.25, 0.3) is 5.56 Å². The minimum atomic E-state index is -0.146. The lowest BCUT2D eigenvalue weighted by molar-refractivity contribution is 1.06. The SMILES string of the molecule is Nc1[nH][nH]c(=O)c1Cc1ccc(Br)s1. The molecule has 0 unspecified atom stereocenters. The lowest BCUT2D eigenvalue weighted by Gasteiger charge is -1.93. The molecule has 0 spiro atoms. The molecule has 6 heteroatoms. The number of aromatic amines is 2. The number of thiophene rings is 1. The summed E-state index contributed by atoms with van der Waals surface area (Å²) < 4.78 is 1.05. The largest absolute Gasteiger partial charge is 0.384 e. The van der Waals surface area contributed by atoms with E-state index in [1.807, 2.05) is 12.1 Å².